The largest absolute Gasteiger partial charge is 0.323 e. The van der Waals surface area contributed by atoms with Crippen molar-refractivity contribution >= 4 is 21.7 Å². The molecular weight excluding hydrogens is 350 g/mol. The Bertz CT molecular complexity index is 851. The first-order chi connectivity index (χ1) is 12.4. The van der Waals surface area contributed by atoms with Gasteiger partial charge in [-0.3, -0.25) is 0 Å². The number of sulfonamides is 1. The highest BCUT2D eigenvalue weighted by atomic mass is 32.2. The first kappa shape index (κ1) is 18.4. The minimum absolute atomic E-state index is 0.211. The van der Waals surface area contributed by atoms with Crippen molar-refractivity contribution in [2.75, 3.05) is 24.7 Å². The Hall–Kier alpha value is -2.38. The lowest BCUT2D eigenvalue weighted by atomic mass is 10.1. The topological polar surface area (TPSA) is 78.5 Å². The minimum atomic E-state index is -3.27. The highest BCUT2D eigenvalue weighted by Crippen LogP contribution is 2.21. The molecule has 6 nitrogen and oxygen atoms in total. The number of anilines is 1. The molecule has 2 N–H and O–H groups in total. The lowest BCUT2D eigenvalue weighted by molar-refractivity contribution is 0.190. The van der Waals surface area contributed by atoms with Gasteiger partial charge in [-0.25, -0.2) is 17.9 Å². The molecule has 1 aliphatic heterocycles. The Morgan fingerprint density at radius 3 is 2.35 bits per heavy atom. The van der Waals surface area contributed by atoms with Crippen LogP contribution in [0.25, 0.3) is 11.1 Å². The quantitative estimate of drug-likeness (QED) is 0.865. The van der Waals surface area contributed by atoms with Gasteiger partial charge in [0.25, 0.3) is 0 Å². The average molecular weight is 373 g/mol. The number of carbonyl (C=O) groups excluding carboxylic acids is 1. The molecule has 0 spiro atoms. The average Bonchev–Trinajstić information content (AvgIpc) is 2.62. The van der Waals surface area contributed by atoms with Crippen molar-refractivity contribution in [3.63, 3.8) is 0 Å². The van der Waals surface area contributed by atoms with Gasteiger partial charge in [0, 0.05) is 24.8 Å². The summed E-state index contributed by atoms with van der Waals surface area (Å²) < 4.78 is 25.4. The molecule has 2 amide bonds. The van der Waals surface area contributed by atoms with Crippen molar-refractivity contribution in [1.82, 2.24) is 9.62 Å². The summed E-state index contributed by atoms with van der Waals surface area (Å²) >= 11 is 0. The molecule has 1 fully saturated rings. The predicted octanol–water partition coefficient (Wildman–Crippen LogP) is 2.90. The van der Waals surface area contributed by atoms with Gasteiger partial charge in [-0.05, 0) is 36.1 Å². The summed E-state index contributed by atoms with van der Waals surface area (Å²) in [5.41, 5.74) is 2.92. The predicted molar refractivity (Wildman–Crippen MR) is 103 cm³/mol. The van der Waals surface area contributed by atoms with E-state index in [0.29, 0.717) is 18.8 Å². The summed E-state index contributed by atoms with van der Waals surface area (Å²) in [6.07, 6.45) is 2.65. The molecule has 0 aliphatic carbocycles. The van der Waals surface area contributed by atoms with Crippen LogP contribution in [-0.4, -0.2) is 44.7 Å². The van der Waals surface area contributed by atoms with Crippen LogP contribution in [0.1, 0.15) is 12.8 Å². The second-order valence-electron chi connectivity index (χ2n) is 6.55. The molecule has 0 aromatic heterocycles. The number of likely N-dealkylation sites (tertiary alicyclic amines) is 1. The fraction of sp³-hybridized carbons (Fsp3) is 0.316. The summed E-state index contributed by atoms with van der Waals surface area (Å²) in [4.78, 5) is 14.1. The molecule has 7 heteroatoms. The number of carbonyl (C=O) groups is 1. The number of rotatable bonds is 4. The standard InChI is InChI=1S/C19H23N3O3S/c1-26(24,25)21-18-8-5-13-22(14-18)19(23)20-17-11-9-16(10-12-17)15-6-3-2-4-7-15/h2-4,6-7,9-12,18,21H,5,8,13-14H2,1H3,(H,20,23). The highest BCUT2D eigenvalue weighted by molar-refractivity contribution is 7.88. The van der Waals surface area contributed by atoms with Gasteiger partial charge in [0.05, 0.1) is 6.26 Å². The van der Waals surface area contributed by atoms with Crippen LogP contribution in [0.5, 0.6) is 0 Å². The molecule has 1 saturated heterocycles. The molecule has 2 aromatic carbocycles. The number of hydrogen-bond acceptors (Lipinski definition) is 3. The van der Waals surface area contributed by atoms with Crippen LogP contribution in [0.2, 0.25) is 0 Å². The summed E-state index contributed by atoms with van der Waals surface area (Å²) in [7, 11) is -3.27. The summed E-state index contributed by atoms with van der Waals surface area (Å²) in [6, 6.07) is 17.3. The van der Waals surface area contributed by atoms with Crippen molar-refractivity contribution in [2.24, 2.45) is 0 Å². The molecule has 3 rings (SSSR count). The Balaban J connectivity index is 1.61. The number of hydrogen-bond donors (Lipinski definition) is 2. The van der Waals surface area contributed by atoms with E-state index in [0.717, 1.165) is 30.2 Å². The first-order valence-corrected chi connectivity index (χ1v) is 10.5. The van der Waals surface area contributed by atoms with E-state index in [1.54, 1.807) is 4.90 Å². The van der Waals surface area contributed by atoms with E-state index in [1.807, 2.05) is 54.6 Å². The molecule has 0 radical (unpaired) electrons. The van der Waals surface area contributed by atoms with Gasteiger partial charge in [-0.2, -0.15) is 0 Å². The van der Waals surface area contributed by atoms with Crippen molar-refractivity contribution < 1.29 is 13.2 Å². The van der Waals surface area contributed by atoms with E-state index in [9.17, 15) is 13.2 Å². The Labute approximate surface area is 154 Å². The zero-order chi connectivity index (χ0) is 18.6. The molecule has 2 aromatic rings. The maximum Gasteiger partial charge on any atom is 0.321 e. The normalized spacial score (nSPS) is 17.7. The SMILES string of the molecule is CS(=O)(=O)NC1CCCN(C(=O)Nc2ccc(-c3ccccc3)cc2)C1. The molecule has 26 heavy (non-hydrogen) atoms. The third-order valence-electron chi connectivity index (χ3n) is 4.33. The lowest BCUT2D eigenvalue weighted by Crippen LogP contribution is -2.50. The van der Waals surface area contributed by atoms with Gasteiger partial charge in [-0.15, -0.1) is 0 Å². The number of nitrogens with zero attached hydrogens (tertiary/aromatic N) is 1. The van der Waals surface area contributed by atoms with E-state index < -0.39 is 10.0 Å². The molecule has 1 unspecified atom stereocenters. The molecular formula is C19H23N3O3S. The number of piperidine rings is 1. The maximum atomic E-state index is 12.5. The zero-order valence-corrected chi connectivity index (χ0v) is 15.5. The second-order valence-corrected chi connectivity index (χ2v) is 8.33. The fourth-order valence-corrected chi connectivity index (χ4v) is 3.94. The second kappa shape index (κ2) is 7.88. The van der Waals surface area contributed by atoms with E-state index in [4.69, 9.17) is 0 Å². The molecule has 0 saturated carbocycles. The van der Waals surface area contributed by atoms with Crippen molar-refractivity contribution in [3.05, 3.63) is 54.6 Å². The van der Waals surface area contributed by atoms with Crippen LogP contribution in [0.4, 0.5) is 10.5 Å². The first-order valence-electron chi connectivity index (χ1n) is 8.59. The molecule has 138 valence electrons. The van der Waals surface area contributed by atoms with E-state index in [-0.39, 0.29) is 12.1 Å². The third-order valence-corrected chi connectivity index (χ3v) is 5.09. The zero-order valence-electron chi connectivity index (χ0n) is 14.7. The summed E-state index contributed by atoms with van der Waals surface area (Å²) in [6.45, 7) is 0.997. The summed E-state index contributed by atoms with van der Waals surface area (Å²) in [5.74, 6) is 0. The number of amides is 2. The van der Waals surface area contributed by atoms with Crippen LogP contribution in [0, 0.1) is 0 Å². The van der Waals surface area contributed by atoms with Crippen molar-refractivity contribution in [3.8, 4) is 11.1 Å². The number of benzene rings is 2. The molecule has 1 atom stereocenters. The Morgan fingerprint density at radius 1 is 1.04 bits per heavy atom. The summed E-state index contributed by atoms with van der Waals surface area (Å²) in [5, 5.41) is 2.88. The molecule has 1 heterocycles. The molecule has 0 bridgehead atoms. The monoisotopic (exact) mass is 373 g/mol. The smallest absolute Gasteiger partial charge is 0.321 e. The van der Waals surface area contributed by atoms with E-state index in [1.165, 1.54) is 0 Å². The van der Waals surface area contributed by atoms with Crippen LogP contribution >= 0.6 is 0 Å². The number of urea groups is 1. The van der Waals surface area contributed by atoms with Crippen LogP contribution in [0.15, 0.2) is 54.6 Å². The number of nitrogens with one attached hydrogen (secondary N) is 2. The van der Waals surface area contributed by atoms with Gasteiger partial charge in [0.2, 0.25) is 10.0 Å². The van der Waals surface area contributed by atoms with Crippen LogP contribution in [0.3, 0.4) is 0 Å². The van der Waals surface area contributed by atoms with Crippen LogP contribution < -0.4 is 10.0 Å². The van der Waals surface area contributed by atoms with Crippen molar-refractivity contribution in [2.45, 2.75) is 18.9 Å². The Kier molecular flexibility index (Phi) is 5.58. The maximum absolute atomic E-state index is 12.5. The van der Waals surface area contributed by atoms with Gasteiger partial charge < -0.3 is 10.2 Å². The van der Waals surface area contributed by atoms with Gasteiger partial charge >= 0.3 is 6.03 Å². The van der Waals surface area contributed by atoms with Gasteiger partial charge in [-0.1, -0.05) is 42.5 Å². The molecule has 1 aliphatic rings. The minimum Gasteiger partial charge on any atom is -0.323 e. The van der Waals surface area contributed by atoms with E-state index in [2.05, 4.69) is 10.0 Å². The highest BCUT2D eigenvalue weighted by Gasteiger charge is 2.25. The van der Waals surface area contributed by atoms with Crippen molar-refractivity contribution in [1.29, 1.82) is 0 Å². The van der Waals surface area contributed by atoms with Gasteiger partial charge in [0.15, 0.2) is 0 Å². The van der Waals surface area contributed by atoms with Crippen LogP contribution in [-0.2, 0) is 10.0 Å². The fourth-order valence-electron chi connectivity index (χ4n) is 3.14. The van der Waals surface area contributed by atoms with E-state index >= 15 is 0 Å². The third kappa shape index (κ3) is 5.06. The Morgan fingerprint density at radius 2 is 1.69 bits per heavy atom. The van der Waals surface area contributed by atoms with Gasteiger partial charge in [0.1, 0.15) is 0 Å². The lowest BCUT2D eigenvalue weighted by Gasteiger charge is -2.32.